The molecular formula is C15H29F3O2. The summed E-state index contributed by atoms with van der Waals surface area (Å²) >= 11 is 0. The molecule has 0 fully saturated rings. The lowest BCUT2D eigenvalue weighted by atomic mass is 9.89. The van der Waals surface area contributed by atoms with Gasteiger partial charge in [-0.1, -0.05) is 45.4 Å². The summed E-state index contributed by atoms with van der Waals surface area (Å²) in [5.74, 6) is -1.83. The quantitative estimate of drug-likeness (QED) is 0.380. The van der Waals surface area contributed by atoms with Gasteiger partial charge < -0.3 is 9.47 Å². The predicted molar refractivity (Wildman–Crippen MR) is 74.6 cm³/mol. The fraction of sp³-hybridized carbons (Fsp3) is 1.00. The van der Waals surface area contributed by atoms with Crippen molar-refractivity contribution in [3.8, 4) is 0 Å². The monoisotopic (exact) mass is 298 g/mol. The fourth-order valence-corrected chi connectivity index (χ4v) is 2.42. The van der Waals surface area contributed by atoms with Gasteiger partial charge in [-0.25, -0.2) is 0 Å². The van der Waals surface area contributed by atoms with Crippen LogP contribution < -0.4 is 0 Å². The lowest BCUT2D eigenvalue weighted by Gasteiger charge is -2.35. The molecule has 0 bridgehead atoms. The smallest absolute Gasteiger partial charge is 0.353 e. The zero-order valence-corrected chi connectivity index (χ0v) is 13.2. The molecule has 0 spiro atoms. The third-order valence-electron chi connectivity index (χ3n) is 3.94. The molecule has 0 aliphatic carbocycles. The van der Waals surface area contributed by atoms with Crippen LogP contribution in [0.2, 0.25) is 0 Å². The van der Waals surface area contributed by atoms with Crippen molar-refractivity contribution >= 4 is 0 Å². The molecule has 0 rings (SSSR count). The summed E-state index contributed by atoms with van der Waals surface area (Å²) in [6.45, 7) is 3.72. The van der Waals surface area contributed by atoms with Gasteiger partial charge in [0.2, 0.25) is 0 Å². The Morgan fingerprint density at radius 3 is 1.85 bits per heavy atom. The average molecular weight is 298 g/mol. The van der Waals surface area contributed by atoms with Crippen LogP contribution in [-0.2, 0) is 9.47 Å². The lowest BCUT2D eigenvalue weighted by Crippen LogP contribution is -2.41. The fourth-order valence-electron chi connectivity index (χ4n) is 2.42. The first-order chi connectivity index (χ1) is 9.29. The van der Waals surface area contributed by atoms with E-state index in [1.165, 1.54) is 27.1 Å². The van der Waals surface area contributed by atoms with E-state index in [4.69, 9.17) is 9.47 Å². The largest absolute Gasteiger partial charge is 0.389 e. The van der Waals surface area contributed by atoms with Gasteiger partial charge in [0.15, 0.2) is 5.79 Å². The van der Waals surface area contributed by atoms with Crippen LogP contribution in [-0.4, -0.2) is 26.2 Å². The van der Waals surface area contributed by atoms with Crippen molar-refractivity contribution in [2.75, 3.05) is 14.2 Å². The van der Waals surface area contributed by atoms with Gasteiger partial charge in [-0.15, -0.1) is 0 Å². The van der Waals surface area contributed by atoms with E-state index in [-0.39, 0.29) is 0 Å². The van der Waals surface area contributed by atoms with Gasteiger partial charge in [0, 0.05) is 20.1 Å². The van der Waals surface area contributed by atoms with E-state index in [1.807, 2.05) is 0 Å². The van der Waals surface area contributed by atoms with Crippen molar-refractivity contribution < 1.29 is 22.6 Å². The Bertz CT molecular complexity index is 238. The molecule has 0 amide bonds. The number of halogens is 3. The Hall–Kier alpha value is -0.290. The predicted octanol–water partition coefficient (Wildman–Crippen LogP) is 5.31. The number of unbranched alkanes of at least 4 members (excludes halogenated alkanes) is 5. The molecule has 0 aliphatic heterocycles. The van der Waals surface area contributed by atoms with E-state index in [1.54, 1.807) is 6.92 Å². The summed E-state index contributed by atoms with van der Waals surface area (Å²) in [6, 6.07) is 0. The Morgan fingerprint density at radius 2 is 1.40 bits per heavy atom. The van der Waals surface area contributed by atoms with Crippen molar-refractivity contribution in [2.45, 2.75) is 77.2 Å². The van der Waals surface area contributed by atoms with Crippen molar-refractivity contribution in [1.82, 2.24) is 0 Å². The van der Waals surface area contributed by atoms with Gasteiger partial charge in [-0.3, -0.25) is 0 Å². The van der Waals surface area contributed by atoms with E-state index >= 15 is 0 Å². The third kappa shape index (κ3) is 8.10. The van der Waals surface area contributed by atoms with Crippen molar-refractivity contribution in [1.29, 1.82) is 0 Å². The van der Waals surface area contributed by atoms with Crippen molar-refractivity contribution in [3.05, 3.63) is 0 Å². The summed E-state index contributed by atoms with van der Waals surface area (Å²) in [6.07, 6.45) is 1.79. The topological polar surface area (TPSA) is 18.5 Å². The van der Waals surface area contributed by atoms with Gasteiger partial charge in [0.25, 0.3) is 0 Å². The Morgan fingerprint density at radius 1 is 0.900 bits per heavy atom. The van der Waals surface area contributed by atoms with Crippen LogP contribution in [0.5, 0.6) is 0 Å². The molecule has 0 aliphatic rings. The van der Waals surface area contributed by atoms with Crippen LogP contribution in [0.15, 0.2) is 0 Å². The van der Waals surface area contributed by atoms with E-state index in [2.05, 4.69) is 6.92 Å². The molecular weight excluding hydrogens is 269 g/mol. The number of alkyl halides is 3. The molecule has 0 saturated carbocycles. The van der Waals surface area contributed by atoms with Gasteiger partial charge in [-0.2, -0.15) is 13.2 Å². The first kappa shape index (κ1) is 19.7. The second-order valence-electron chi connectivity index (χ2n) is 5.50. The number of rotatable bonds is 11. The van der Waals surface area contributed by atoms with E-state index in [9.17, 15) is 13.2 Å². The van der Waals surface area contributed by atoms with Crippen LogP contribution >= 0.6 is 0 Å². The molecule has 1 atom stereocenters. The normalized spacial score (nSPS) is 14.6. The minimum atomic E-state index is -4.19. The summed E-state index contributed by atoms with van der Waals surface area (Å²) in [5.41, 5.74) is 0. The zero-order chi connectivity index (χ0) is 15.6. The molecule has 0 aromatic heterocycles. The van der Waals surface area contributed by atoms with Gasteiger partial charge >= 0.3 is 6.18 Å². The van der Waals surface area contributed by atoms with E-state index in [0.29, 0.717) is 6.42 Å². The minimum absolute atomic E-state index is 0.476. The van der Waals surface area contributed by atoms with E-state index in [0.717, 1.165) is 25.7 Å². The van der Waals surface area contributed by atoms with Crippen molar-refractivity contribution in [2.24, 2.45) is 5.92 Å². The first-order valence-corrected chi connectivity index (χ1v) is 7.46. The van der Waals surface area contributed by atoms with Gasteiger partial charge in [0.1, 0.15) is 0 Å². The van der Waals surface area contributed by atoms with Crippen LogP contribution in [0, 0.1) is 5.92 Å². The third-order valence-corrected chi connectivity index (χ3v) is 3.94. The van der Waals surface area contributed by atoms with Crippen LogP contribution in [0.4, 0.5) is 13.2 Å². The summed E-state index contributed by atoms with van der Waals surface area (Å²) in [7, 11) is 2.79. The molecule has 0 saturated heterocycles. The van der Waals surface area contributed by atoms with Crippen molar-refractivity contribution in [3.63, 3.8) is 0 Å². The maximum Gasteiger partial charge on any atom is 0.389 e. The maximum atomic E-state index is 12.7. The molecule has 20 heavy (non-hydrogen) atoms. The highest BCUT2D eigenvalue weighted by Crippen LogP contribution is 2.36. The van der Waals surface area contributed by atoms with Gasteiger partial charge in [0.05, 0.1) is 6.42 Å². The van der Waals surface area contributed by atoms with Crippen LogP contribution in [0.3, 0.4) is 0 Å². The summed E-state index contributed by atoms with van der Waals surface area (Å²) in [5, 5.41) is 0. The second-order valence-corrected chi connectivity index (χ2v) is 5.50. The molecule has 0 N–H and O–H groups in total. The highest BCUT2D eigenvalue weighted by molar-refractivity contribution is 4.77. The number of methoxy groups -OCH3 is 2. The van der Waals surface area contributed by atoms with Gasteiger partial charge in [-0.05, 0) is 13.3 Å². The molecule has 0 aromatic rings. The Labute approximate surface area is 121 Å². The summed E-state index contributed by atoms with van der Waals surface area (Å²) < 4.78 is 48.4. The highest BCUT2D eigenvalue weighted by atomic mass is 19.4. The number of hydrogen-bond acceptors (Lipinski definition) is 2. The number of hydrogen-bond donors (Lipinski definition) is 0. The molecule has 1 unspecified atom stereocenters. The summed E-state index contributed by atoms with van der Waals surface area (Å²) in [4.78, 5) is 0. The number of ether oxygens (including phenoxy) is 2. The lowest BCUT2D eigenvalue weighted by molar-refractivity contribution is -0.252. The van der Waals surface area contributed by atoms with Crippen LogP contribution in [0.1, 0.15) is 65.2 Å². The maximum absolute atomic E-state index is 12.7. The SMILES string of the molecule is CCCCCCCCC(CC(F)(F)F)C(C)(OC)OC. The highest BCUT2D eigenvalue weighted by Gasteiger charge is 2.42. The molecule has 0 aromatic carbocycles. The molecule has 0 radical (unpaired) electrons. The second kappa shape index (κ2) is 9.61. The van der Waals surface area contributed by atoms with Crippen LogP contribution in [0.25, 0.3) is 0 Å². The molecule has 2 nitrogen and oxygen atoms in total. The first-order valence-electron chi connectivity index (χ1n) is 7.46. The Kier molecular flexibility index (Phi) is 9.47. The molecule has 122 valence electrons. The average Bonchev–Trinajstić information content (AvgIpc) is 2.39. The Balaban J connectivity index is 4.33. The zero-order valence-electron chi connectivity index (χ0n) is 13.2. The standard InChI is InChI=1S/C15H29F3O2/c1-5-6-7-8-9-10-11-13(12-15(16,17)18)14(2,19-3)20-4/h13H,5-12H2,1-4H3. The molecule has 0 heterocycles. The van der Waals surface area contributed by atoms with E-state index < -0.39 is 24.3 Å². The minimum Gasteiger partial charge on any atom is -0.353 e. The molecule has 5 heteroatoms.